The molecule has 0 aliphatic rings. The van der Waals surface area contributed by atoms with Gasteiger partial charge in [0.1, 0.15) is 18.2 Å². The fraction of sp³-hybridized carbons (Fsp3) is 0.667. The first-order chi connectivity index (χ1) is 7.02. The highest BCUT2D eigenvalue weighted by Crippen LogP contribution is 2.04. The second kappa shape index (κ2) is 4.88. The van der Waals surface area contributed by atoms with Gasteiger partial charge in [-0.1, -0.05) is 0 Å². The molecule has 2 N–H and O–H groups in total. The summed E-state index contributed by atoms with van der Waals surface area (Å²) in [6.45, 7) is 6.00. The summed E-state index contributed by atoms with van der Waals surface area (Å²) in [5.74, 6) is -0.122. The van der Waals surface area contributed by atoms with Gasteiger partial charge in [0.05, 0.1) is 6.54 Å². The molecule has 6 nitrogen and oxygen atoms in total. The summed E-state index contributed by atoms with van der Waals surface area (Å²) in [6, 6.07) is -0.355. The molecule has 1 aromatic heterocycles. The highest BCUT2D eigenvalue weighted by Gasteiger charge is 2.12. The smallest absolute Gasteiger partial charge is 0.320 e. The maximum Gasteiger partial charge on any atom is 0.320 e. The second-order valence-corrected chi connectivity index (χ2v) is 3.66. The Balaban J connectivity index is 2.57. The van der Waals surface area contributed by atoms with Crippen LogP contribution in [-0.4, -0.2) is 31.9 Å². The molecule has 0 aliphatic heterocycles. The summed E-state index contributed by atoms with van der Waals surface area (Å²) < 4.78 is 1.77. The lowest BCUT2D eigenvalue weighted by Crippen LogP contribution is -2.34. The van der Waals surface area contributed by atoms with Crippen molar-refractivity contribution in [2.45, 2.75) is 39.4 Å². The highest BCUT2D eigenvalue weighted by atomic mass is 16.4. The molecule has 0 saturated carbocycles. The first-order valence-electron chi connectivity index (χ1n) is 4.87. The SMILES string of the molecule is CC(C)n1ncnc1CN[C@@H](C)C(=O)O. The van der Waals surface area contributed by atoms with Crippen LogP contribution in [0.15, 0.2) is 6.33 Å². The van der Waals surface area contributed by atoms with Gasteiger partial charge in [0.2, 0.25) is 0 Å². The highest BCUT2D eigenvalue weighted by molar-refractivity contribution is 5.72. The predicted octanol–water partition coefficient (Wildman–Crippen LogP) is 0.422. The van der Waals surface area contributed by atoms with Crippen LogP contribution < -0.4 is 5.32 Å². The van der Waals surface area contributed by atoms with Crippen molar-refractivity contribution < 1.29 is 9.90 Å². The molecule has 0 saturated heterocycles. The van der Waals surface area contributed by atoms with Crippen LogP contribution in [0.1, 0.15) is 32.6 Å². The van der Waals surface area contributed by atoms with Crippen molar-refractivity contribution >= 4 is 5.97 Å². The quantitative estimate of drug-likeness (QED) is 0.739. The molecular weight excluding hydrogens is 196 g/mol. The minimum absolute atomic E-state index is 0.226. The first-order valence-corrected chi connectivity index (χ1v) is 4.87. The Hall–Kier alpha value is -1.43. The molecule has 1 atom stereocenters. The number of nitrogens with zero attached hydrogens (tertiary/aromatic N) is 3. The molecule has 0 amide bonds. The van der Waals surface area contributed by atoms with E-state index in [1.807, 2.05) is 13.8 Å². The number of carboxylic acids is 1. The van der Waals surface area contributed by atoms with Crippen molar-refractivity contribution in [1.82, 2.24) is 20.1 Å². The van der Waals surface area contributed by atoms with E-state index in [9.17, 15) is 4.79 Å². The fourth-order valence-corrected chi connectivity index (χ4v) is 1.16. The molecule has 1 rings (SSSR count). The molecule has 0 spiro atoms. The molecule has 15 heavy (non-hydrogen) atoms. The van der Waals surface area contributed by atoms with Crippen molar-refractivity contribution in [2.75, 3.05) is 0 Å². The van der Waals surface area contributed by atoms with E-state index in [0.29, 0.717) is 6.54 Å². The Bertz CT molecular complexity index is 335. The number of carbonyl (C=O) groups is 1. The molecule has 0 bridgehead atoms. The van der Waals surface area contributed by atoms with Gasteiger partial charge in [0.15, 0.2) is 0 Å². The van der Waals surface area contributed by atoms with Gasteiger partial charge in [-0.15, -0.1) is 0 Å². The Morgan fingerprint density at radius 1 is 1.60 bits per heavy atom. The van der Waals surface area contributed by atoms with E-state index in [4.69, 9.17) is 5.11 Å². The van der Waals surface area contributed by atoms with E-state index in [1.165, 1.54) is 6.33 Å². The third kappa shape index (κ3) is 3.02. The van der Waals surface area contributed by atoms with Gasteiger partial charge in [0, 0.05) is 6.04 Å². The fourth-order valence-electron chi connectivity index (χ4n) is 1.16. The zero-order valence-corrected chi connectivity index (χ0v) is 9.14. The van der Waals surface area contributed by atoms with E-state index in [0.717, 1.165) is 5.82 Å². The lowest BCUT2D eigenvalue weighted by molar-refractivity contribution is -0.139. The zero-order chi connectivity index (χ0) is 11.4. The van der Waals surface area contributed by atoms with Crippen molar-refractivity contribution in [3.63, 3.8) is 0 Å². The normalized spacial score (nSPS) is 13.1. The minimum Gasteiger partial charge on any atom is -0.480 e. The van der Waals surface area contributed by atoms with Gasteiger partial charge in [0.25, 0.3) is 0 Å². The standard InChI is InChI=1S/C9H16N4O2/c1-6(2)13-8(11-5-12-13)4-10-7(3)9(14)15/h5-7,10H,4H2,1-3H3,(H,14,15)/t7-/m0/s1. The molecule has 0 unspecified atom stereocenters. The summed E-state index contributed by atoms with van der Waals surface area (Å²) in [4.78, 5) is 14.6. The molecule has 1 aromatic rings. The lowest BCUT2D eigenvalue weighted by Gasteiger charge is -2.11. The third-order valence-electron chi connectivity index (χ3n) is 2.07. The maximum atomic E-state index is 10.6. The third-order valence-corrected chi connectivity index (χ3v) is 2.07. The Kier molecular flexibility index (Phi) is 3.79. The van der Waals surface area contributed by atoms with E-state index >= 15 is 0 Å². The summed E-state index contributed by atoms with van der Waals surface area (Å²) >= 11 is 0. The monoisotopic (exact) mass is 212 g/mol. The summed E-state index contributed by atoms with van der Waals surface area (Å²) in [6.07, 6.45) is 1.47. The van der Waals surface area contributed by atoms with Crippen LogP contribution in [0.25, 0.3) is 0 Å². The largest absolute Gasteiger partial charge is 0.480 e. The number of aromatic nitrogens is 3. The van der Waals surface area contributed by atoms with Crippen LogP contribution >= 0.6 is 0 Å². The average Bonchev–Trinajstić information content (AvgIpc) is 2.61. The summed E-state index contributed by atoms with van der Waals surface area (Å²) in [5, 5.41) is 15.6. The van der Waals surface area contributed by atoms with Crippen LogP contribution in [0, 0.1) is 0 Å². The van der Waals surface area contributed by atoms with E-state index in [2.05, 4.69) is 15.4 Å². The van der Waals surface area contributed by atoms with E-state index in [-0.39, 0.29) is 6.04 Å². The van der Waals surface area contributed by atoms with E-state index in [1.54, 1.807) is 11.6 Å². The first kappa shape index (κ1) is 11.6. The van der Waals surface area contributed by atoms with Crippen molar-refractivity contribution in [3.8, 4) is 0 Å². The van der Waals surface area contributed by atoms with Crippen molar-refractivity contribution in [1.29, 1.82) is 0 Å². The van der Waals surface area contributed by atoms with Gasteiger partial charge >= 0.3 is 5.97 Å². The molecular formula is C9H16N4O2. The van der Waals surface area contributed by atoms with Crippen LogP contribution in [0.2, 0.25) is 0 Å². The van der Waals surface area contributed by atoms with Gasteiger partial charge in [-0.05, 0) is 20.8 Å². The van der Waals surface area contributed by atoms with Crippen molar-refractivity contribution in [2.24, 2.45) is 0 Å². The molecule has 0 radical (unpaired) electrons. The van der Waals surface area contributed by atoms with Crippen LogP contribution in [0.5, 0.6) is 0 Å². The molecule has 0 aromatic carbocycles. The van der Waals surface area contributed by atoms with E-state index < -0.39 is 12.0 Å². The minimum atomic E-state index is -0.870. The van der Waals surface area contributed by atoms with Gasteiger partial charge < -0.3 is 5.11 Å². The predicted molar refractivity (Wildman–Crippen MR) is 54.3 cm³/mol. The van der Waals surface area contributed by atoms with Gasteiger partial charge in [-0.3, -0.25) is 10.1 Å². The average molecular weight is 212 g/mol. The van der Waals surface area contributed by atoms with Crippen LogP contribution in [0.3, 0.4) is 0 Å². The number of aliphatic carboxylic acids is 1. The number of rotatable bonds is 5. The Labute approximate surface area is 88.3 Å². The molecule has 6 heteroatoms. The number of hydrogen-bond acceptors (Lipinski definition) is 4. The summed E-state index contributed by atoms with van der Waals surface area (Å²) in [7, 11) is 0. The molecule has 0 aliphatic carbocycles. The molecule has 1 heterocycles. The Morgan fingerprint density at radius 3 is 2.80 bits per heavy atom. The summed E-state index contributed by atoms with van der Waals surface area (Å²) in [5.41, 5.74) is 0. The number of nitrogens with one attached hydrogen (secondary N) is 1. The van der Waals surface area contributed by atoms with Crippen molar-refractivity contribution in [3.05, 3.63) is 12.2 Å². The zero-order valence-electron chi connectivity index (χ0n) is 9.14. The molecule has 84 valence electrons. The second-order valence-electron chi connectivity index (χ2n) is 3.66. The van der Waals surface area contributed by atoms with Crippen LogP contribution in [0.4, 0.5) is 0 Å². The topological polar surface area (TPSA) is 80.0 Å². The number of carboxylic acid groups (broad SMARTS) is 1. The van der Waals surface area contributed by atoms with Gasteiger partial charge in [-0.2, -0.15) is 5.10 Å². The molecule has 0 fully saturated rings. The maximum absolute atomic E-state index is 10.6. The Morgan fingerprint density at radius 2 is 2.27 bits per heavy atom. The lowest BCUT2D eigenvalue weighted by atomic mass is 10.3. The van der Waals surface area contributed by atoms with Crippen LogP contribution in [-0.2, 0) is 11.3 Å². The van der Waals surface area contributed by atoms with Gasteiger partial charge in [-0.25, -0.2) is 9.67 Å². The number of hydrogen-bond donors (Lipinski definition) is 2.